The van der Waals surface area contributed by atoms with Crippen molar-refractivity contribution in [1.29, 1.82) is 0 Å². The fourth-order valence-corrected chi connectivity index (χ4v) is 0.454. The number of rotatable bonds is 0. The molecule has 0 radical (unpaired) electrons. The fraction of sp³-hybridized carbons (Fsp3) is 0.111. The standard InChI is InChI=1S/C5H5.2CO.2CH3.Ir/c1-2-4-5-3-1;2*1-2;;;/h1-3H,4H2;;;2*1H3;/q-1;;;2*-1;. The van der Waals surface area contributed by atoms with Gasteiger partial charge in [0.2, 0.25) is 0 Å². The Morgan fingerprint density at radius 1 is 1.25 bits per heavy atom. The van der Waals surface area contributed by atoms with E-state index in [1.807, 2.05) is 12.2 Å². The summed E-state index contributed by atoms with van der Waals surface area (Å²) in [5.41, 5.74) is 0. The van der Waals surface area contributed by atoms with Gasteiger partial charge in [0, 0.05) is 0 Å². The summed E-state index contributed by atoms with van der Waals surface area (Å²) in [5.74, 6) is 0. The Bertz CT molecular complexity index is 215. The molecular formula is C9H11IrO2-3. The van der Waals surface area contributed by atoms with Crippen molar-refractivity contribution < 1.29 is 26.4 Å². The molecule has 0 bridgehead atoms. The summed E-state index contributed by atoms with van der Waals surface area (Å²) in [7, 11) is 0. The van der Waals surface area contributed by atoms with Crippen LogP contribution in [0.2, 0.25) is 0 Å². The molecule has 0 N–H and O–H groups in total. The molecule has 0 aromatic rings. The molecule has 1 aliphatic carbocycles. The summed E-state index contributed by atoms with van der Waals surface area (Å²) in [5, 5.41) is 0. The first kappa shape index (κ1) is 17.4. The SMILES string of the molecule is O=[C]=[Ir]=[C]=O.[C-]1=CC=CC1.[CH3-].[CH3-]. The predicted molar refractivity (Wildman–Crippen MR) is 45.8 cm³/mol. The summed E-state index contributed by atoms with van der Waals surface area (Å²) in [6, 6.07) is 0. The van der Waals surface area contributed by atoms with E-state index in [0.29, 0.717) is 0 Å². The number of carbonyl (C=O) groups excluding carboxylic acids is 2. The molecule has 0 amide bonds. The molecule has 71 valence electrons. The van der Waals surface area contributed by atoms with Crippen molar-refractivity contribution in [2.24, 2.45) is 0 Å². The molecular weight excluding hydrogens is 332 g/mol. The molecule has 0 aromatic heterocycles. The topological polar surface area (TPSA) is 34.1 Å². The summed E-state index contributed by atoms with van der Waals surface area (Å²) in [4.78, 5) is 18.1. The van der Waals surface area contributed by atoms with Crippen molar-refractivity contribution in [1.82, 2.24) is 0 Å². The molecule has 0 spiro atoms. The van der Waals surface area contributed by atoms with Gasteiger partial charge < -0.3 is 14.9 Å². The Balaban J connectivity index is -0.000000116. The van der Waals surface area contributed by atoms with Crippen LogP contribution in [0.5, 0.6) is 0 Å². The van der Waals surface area contributed by atoms with Crippen LogP contribution in [0.3, 0.4) is 0 Å². The van der Waals surface area contributed by atoms with E-state index in [1.165, 1.54) is 8.79 Å². The van der Waals surface area contributed by atoms with Crippen LogP contribution in [0, 0.1) is 20.9 Å². The summed E-state index contributed by atoms with van der Waals surface area (Å²) in [6.07, 6.45) is 10.0. The van der Waals surface area contributed by atoms with E-state index < -0.39 is 16.8 Å². The molecule has 0 atom stereocenters. The van der Waals surface area contributed by atoms with Gasteiger partial charge in [0.05, 0.1) is 0 Å². The van der Waals surface area contributed by atoms with Crippen LogP contribution in [0.1, 0.15) is 6.42 Å². The number of allylic oxidation sites excluding steroid dienone is 4. The molecule has 0 unspecified atom stereocenters. The van der Waals surface area contributed by atoms with E-state index in [0.717, 1.165) is 6.42 Å². The van der Waals surface area contributed by atoms with Crippen LogP contribution < -0.4 is 0 Å². The zero-order valence-electron chi connectivity index (χ0n) is 7.09. The Morgan fingerprint density at radius 2 is 1.83 bits per heavy atom. The van der Waals surface area contributed by atoms with Gasteiger partial charge in [0.15, 0.2) is 0 Å². The van der Waals surface area contributed by atoms with Gasteiger partial charge in [0.1, 0.15) is 0 Å². The first-order valence-corrected chi connectivity index (χ1v) is 4.85. The third-order valence-electron chi connectivity index (χ3n) is 0.654. The van der Waals surface area contributed by atoms with E-state index >= 15 is 0 Å². The van der Waals surface area contributed by atoms with Crippen LogP contribution in [0.4, 0.5) is 0 Å². The molecule has 0 saturated heterocycles. The van der Waals surface area contributed by atoms with Crippen molar-refractivity contribution in [2.75, 3.05) is 0 Å². The van der Waals surface area contributed by atoms with Crippen molar-refractivity contribution in [2.45, 2.75) is 6.42 Å². The summed E-state index contributed by atoms with van der Waals surface area (Å²) < 4.78 is 2.94. The van der Waals surface area contributed by atoms with Crippen molar-refractivity contribution >= 4 is 8.79 Å². The second-order valence-corrected chi connectivity index (χ2v) is 2.80. The van der Waals surface area contributed by atoms with Crippen LogP contribution in [0.15, 0.2) is 18.2 Å². The smallest absolute Gasteiger partial charge is 0.109 e. The van der Waals surface area contributed by atoms with Gasteiger partial charge in [-0.1, -0.05) is 0 Å². The maximum Gasteiger partial charge on any atom is -0.109 e. The predicted octanol–water partition coefficient (Wildman–Crippen LogP) is 1.41. The largest absolute Gasteiger partial charge is 0.358 e. The second-order valence-electron chi connectivity index (χ2n) is 1.22. The monoisotopic (exact) mass is 344 g/mol. The minimum Gasteiger partial charge on any atom is -0.358 e. The average Bonchev–Trinajstić information content (AvgIpc) is 2.44. The van der Waals surface area contributed by atoms with Gasteiger partial charge in [0.25, 0.3) is 0 Å². The van der Waals surface area contributed by atoms with Crippen molar-refractivity contribution in [3.05, 3.63) is 39.2 Å². The maximum atomic E-state index is 9.07. The van der Waals surface area contributed by atoms with E-state index in [9.17, 15) is 0 Å². The second kappa shape index (κ2) is 16.7. The van der Waals surface area contributed by atoms with Gasteiger partial charge in [-0.3, -0.25) is 6.08 Å². The first-order valence-electron chi connectivity index (χ1n) is 2.46. The molecule has 0 aliphatic heterocycles. The third kappa shape index (κ3) is 16.1. The van der Waals surface area contributed by atoms with Crippen molar-refractivity contribution in [3.63, 3.8) is 0 Å². The molecule has 12 heavy (non-hydrogen) atoms. The molecule has 0 saturated carbocycles. The van der Waals surface area contributed by atoms with Gasteiger partial charge in [-0.15, -0.1) is 6.42 Å². The Kier molecular flexibility index (Phi) is 24.2. The van der Waals surface area contributed by atoms with Gasteiger partial charge >= 0.3 is 35.2 Å². The van der Waals surface area contributed by atoms with Crippen LogP contribution in [-0.4, -0.2) is 8.79 Å². The Labute approximate surface area is 81.0 Å². The number of hydrogen-bond acceptors (Lipinski definition) is 2. The van der Waals surface area contributed by atoms with E-state index in [1.54, 1.807) is 0 Å². The zero-order chi connectivity index (χ0) is 7.66. The first-order chi connectivity index (χ1) is 4.91. The minimum atomic E-state index is -1.08. The molecule has 0 fully saturated rings. The van der Waals surface area contributed by atoms with Gasteiger partial charge in [-0.05, 0) is 0 Å². The van der Waals surface area contributed by atoms with Crippen LogP contribution >= 0.6 is 0 Å². The Morgan fingerprint density at radius 3 is 1.92 bits per heavy atom. The zero-order valence-corrected chi connectivity index (χ0v) is 9.48. The fourth-order valence-electron chi connectivity index (χ4n) is 0.354. The van der Waals surface area contributed by atoms with E-state index in [4.69, 9.17) is 9.59 Å². The Hall–Kier alpha value is -0.711. The summed E-state index contributed by atoms with van der Waals surface area (Å²) in [6.45, 7) is 0. The molecule has 3 heteroatoms. The molecule has 1 rings (SSSR count). The third-order valence-corrected chi connectivity index (χ3v) is 1.14. The van der Waals surface area contributed by atoms with Crippen LogP contribution in [0.25, 0.3) is 0 Å². The van der Waals surface area contributed by atoms with E-state index in [-0.39, 0.29) is 14.9 Å². The molecule has 0 aromatic carbocycles. The van der Waals surface area contributed by atoms with Gasteiger partial charge in [-0.25, -0.2) is 12.2 Å². The number of hydrogen-bond donors (Lipinski definition) is 0. The summed E-state index contributed by atoms with van der Waals surface area (Å²) >= 11 is -1.08. The quantitative estimate of drug-likeness (QED) is 0.623. The van der Waals surface area contributed by atoms with Gasteiger partial charge in [-0.2, -0.15) is 6.08 Å². The van der Waals surface area contributed by atoms with Crippen molar-refractivity contribution in [3.8, 4) is 0 Å². The van der Waals surface area contributed by atoms with E-state index in [2.05, 4.69) is 12.2 Å². The normalized spacial score (nSPS) is 9.33. The minimum absolute atomic E-state index is 0. The maximum absolute atomic E-state index is 9.07. The average molecular weight is 343 g/mol. The van der Waals surface area contributed by atoms with Crippen LogP contribution in [-0.2, 0) is 26.4 Å². The molecule has 2 nitrogen and oxygen atoms in total. The molecule has 1 aliphatic rings. The molecule has 0 heterocycles.